The summed E-state index contributed by atoms with van der Waals surface area (Å²) in [6.07, 6.45) is 1.02. The van der Waals surface area contributed by atoms with Crippen LogP contribution in [0.25, 0.3) is 11.3 Å². The van der Waals surface area contributed by atoms with E-state index in [1.165, 1.54) is 11.1 Å². The molecule has 1 atom stereocenters. The molecule has 0 fully saturated rings. The van der Waals surface area contributed by atoms with Gasteiger partial charge < -0.3 is 10.6 Å². The predicted molar refractivity (Wildman–Crippen MR) is 109 cm³/mol. The third-order valence-corrected chi connectivity index (χ3v) is 4.38. The molecular formula is C22H26N4. The second-order valence-electron chi connectivity index (χ2n) is 6.62. The second-order valence-corrected chi connectivity index (χ2v) is 6.62. The molecule has 0 bridgehead atoms. The number of nitrogens with one attached hydrogen (secondary N) is 2. The van der Waals surface area contributed by atoms with Crippen LogP contribution < -0.4 is 10.6 Å². The lowest BCUT2D eigenvalue weighted by atomic mass is 10.1. The first-order valence-corrected chi connectivity index (χ1v) is 9.14. The molecule has 3 rings (SSSR count). The Balaban J connectivity index is 1.85. The molecule has 4 nitrogen and oxygen atoms in total. The Hall–Kier alpha value is -2.88. The van der Waals surface area contributed by atoms with Gasteiger partial charge in [0, 0.05) is 24.2 Å². The summed E-state index contributed by atoms with van der Waals surface area (Å²) < 4.78 is 0. The average molecular weight is 346 g/mol. The van der Waals surface area contributed by atoms with Crippen LogP contribution >= 0.6 is 0 Å². The Bertz CT molecular complexity index is 829. The van der Waals surface area contributed by atoms with Gasteiger partial charge in [-0.05, 0) is 25.8 Å². The fraction of sp³-hybridized carbons (Fsp3) is 0.273. The van der Waals surface area contributed by atoms with Gasteiger partial charge in [0.2, 0.25) is 5.95 Å². The fourth-order valence-electron chi connectivity index (χ4n) is 2.58. The van der Waals surface area contributed by atoms with E-state index in [0.29, 0.717) is 12.0 Å². The first-order valence-electron chi connectivity index (χ1n) is 9.14. The molecule has 0 spiro atoms. The highest BCUT2D eigenvalue weighted by Gasteiger charge is 2.08. The number of anilines is 2. The standard InChI is InChI=1S/C22H26N4/c1-4-17(3)24-22-25-20(19-8-6-5-7-9-19)14-21(26-22)23-15-18-12-10-16(2)11-13-18/h5-14,17H,4,15H2,1-3H3,(H2,23,24,25,26)/t17-/m1/s1. The largest absolute Gasteiger partial charge is 0.366 e. The number of benzene rings is 2. The Morgan fingerprint density at radius 3 is 2.38 bits per heavy atom. The average Bonchev–Trinajstić information content (AvgIpc) is 2.68. The summed E-state index contributed by atoms with van der Waals surface area (Å²) in [6.45, 7) is 7.11. The summed E-state index contributed by atoms with van der Waals surface area (Å²) in [5.74, 6) is 1.48. The summed E-state index contributed by atoms with van der Waals surface area (Å²) in [5.41, 5.74) is 4.49. The Kier molecular flexibility index (Phi) is 5.84. The summed E-state index contributed by atoms with van der Waals surface area (Å²) in [6, 6.07) is 21.1. The van der Waals surface area contributed by atoms with E-state index in [2.05, 4.69) is 72.8 Å². The third kappa shape index (κ3) is 4.82. The van der Waals surface area contributed by atoms with Gasteiger partial charge in [-0.25, -0.2) is 4.98 Å². The van der Waals surface area contributed by atoms with Gasteiger partial charge in [0.05, 0.1) is 5.69 Å². The van der Waals surface area contributed by atoms with E-state index < -0.39 is 0 Å². The molecule has 4 heteroatoms. The maximum absolute atomic E-state index is 4.70. The van der Waals surface area contributed by atoms with Crippen LogP contribution in [0.15, 0.2) is 60.7 Å². The molecule has 0 radical (unpaired) electrons. The van der Waals surface area contributed by atoms with Crippen LogP contribution in [0.1, 0.15) is 31.4 Å². The van der Waals surface area contributed by atoms with E-state index in [0.717, 1.165) is 30.0 Å². The summed E-state index contributed by atoms with van der Waals surface area (Å²) in [7, 11) is 0. The molecule has 26 heavy (non-hydrogen) atoms. The van der Waals surface area contributed by atoms with Crippen LogP contribution in [-0.2, 0) is 6.54 Å². The van der Waals surface area contributed by atoms with Crippen molar-refractivity contribution >= 4 is 11.8 Å². The molecule has 2 aromatic carbocycles. The Morgan fingerprint density at radius 1 is 0.962 bits per heavy atom. The van der Waals surface area contributed by atoms with Gasteiger partial charge in [0.25, 0.3) is 0 Å². The second kappa shape index (κ2) is 8.48. The van der Waals surface area contributed by atoms with Crippen molar-refractivity contribution in [3.8, 4) is 11.3 Å². The lowest BCUT2D eigenvalue weighted by molar-refractivity contribution is 0.753. The van der Waals surface area contributed by atoms with E-state index in [9.17, 15) is 0 Å². The Morgan fingerprint density at radius 2 is 1.69 bits per heavy atom. The van der Waals surface area contributed by atoms with Gasteiger partial charge in [-0.3, -0.25) is 0 Å². The molecule has 1 heterocycles. The van der Waals surface area contributed by atoms with Gasteiger partial charge in [-0.15, -0.1) is 0 Å². The normalized spacial score (nSPS) is 11.8. The van der Waals surface area contributed by atoms with Gasteiger partial charge in [-0.1, -0.05) is 67.1 Å². The number of nitrogens with zero attached hydrogens (tertiary/aromatic N) is 2. The third-order valence-electron chi connectivity index (χ3n) is 4.38. The summed E-state index contributed by atoms with van der Waals surface area (Å²) in [5, 5.41) is 6.82. The zero-order valence-corrected chi connectivity index (χ0v) is 15.7. The number of rotatable bonds is 7. The molecule has 0 aliphatic carbocycles. The molecule has 0 aliphatic heterocycles. The molecule has 3 aromatic rings. The number of aromatic nitrogens is 2. The molecule has 0 saturated carbocycles. The van der Waals surface area contributed by atoms with Crippen LogP contribution in [0.4, 0.5) is 11.8 Å². The van der Waals surface area contributed by atoms with Crippen LogP contribution in [0.5, 0.6) is 0 Å². The van der Waals surface area contributed by atoms with Crippen LogP contribution in [0.2, 0.25) is 0 Å². The quantitative estimate of drug-likeness (QED) is 0.611. The smallest absolute Gasteiger partial charge is 0.225 e. The van der Waals surface area contributed by atoms with E-state index >= 15 is 0 Å². The predicted octanol–water partition coefficient (Wildman–Crippen LogP) is 5.27. The van der Waals surface area contributed by atoms with Crippen LogP contribution in [-0.4, -0.2) is 16.0 Å². The lowest BCUT2D eigenvalue weighted by Crippen LogP contribution is -2.16. The summed E-state index contributed by atoms with van der Waals surface area (Å²) in [4.78, 5) is 9.34. The molecule has 2 N–H and O–H groups in total. The molecule has 0 aliphatic rings. The number of hydrogen-bond donors (Lipinski definition) is 2. The van der Waals surface area contributed by atoms with E-state index in [-0.39, 0.29) is 0 Å². The number of hydrogen-bond acceptors (Lipinski definition) is 4. The van der Waals surface area contributed by atoms with Crippen molar-refractivity contribution in [2.75, 3.05) is 10.6 Å². The van der Waals surface area contributed by atoms with Gasteiger partial charge in [-0.2, -0.15) is 4.98 Å². The zero-order valence-electron chi connectivity index (χ0n) is 15.7. The lowest BCUT2D eigenvalue weighted by Gasteiger charge is -2.14. The van der Waals surface area contributed by atoms with Crippen molar-refractivity contribution in [2.24, 2.45) is 0 Å². The fourth-order valence-corrected chi connectivity index (χ4v) is 2.58. The van der Waals surface area contributed by atoms with Crippen molar-refractivity contribution in [3.63, 3.8) is 0 Å². The van der Waals surface area contributed by atoms with Crippen molar-refractivity contribution in [3.05, 3.63) is 71.8 Å². The minimum Gasteiger partial charge on any atom is -0.366 e. The van der Waals surface area contributed by atoms with Crippen molar-refractivity contribution in [1.82, 2.24) is 9.97 Å². The van der Waals surface area contributed by atoms with Gasteiger partial charge >= 0.3 is 0 Å². The monoisotopic (exact) mass is 346 g/mol. The molecule has 0 amide bonds. The molecule has 134 valence electrons. The van der Waals surface area contributed by atoms with E-state index in [4.69, 9.17) is 4.98 Å². The van der Waals surface area contributed by atoms with Gasteiger partial charge in [0.15, 0.2) is 0 Å². The molecule has 0 unspecified atom stereocenters. The first kappa shape index (κ1) is 17.9. The van der Waals surface area contributed by atoms with Crippen molar-refractivity contribution in [2.45, 2.75) is 39.8 Å². The highest BCUT2D eigenvalue weighted by molar-refractivity contribution is 5.64. The highest BCUT2D eigenvalue weighted by Crippen LogP contribution is 2.22. The van der Waals surface area contributed by atoms with Crippen LogP contribution in [0, 0.1) is 6.92 Å². The SMILES string of the molecule is CC[C@@H](C)Nc1nc(NCc2ccc(C)cc2)cc(-c2ccccc2)n1. The topological polar surface area (TPSA) is 49.8 Å². The number of aryl methyl sites for hydroxylation is 1. The Labute approximate surface area is 155 Å². The highest BCUT2D eigenvalue weighted by atomic mass is 15.2. The van der Waals surface area contributed by atoms with Crippen LogP contribution in [0.3, 0.4) is 0 Å². The molecule has 1 aromatic heterocycles. The van der Waals surface area contributed by atoms with Crippen molar-refractivity contribution in [1.29, 1.82) is 0 Å². The van der Waals surface area contributed by atoms with E-state index in [1.807, 2.05) is 24.3 Å². The zero-order chi connectivity index (χ0) is 18.4. The first-order chi connectivity index (χ1) is 12.6. The maximum Gasteiger partial charge on any atom is 0.225 e. The van der Waals surface area contributed by atoms with Crippen molar-refractivity contribution < 1.29 is 0 Å². The van der Waals surface area contributed by atoms with E-state index in [1.54, 1.807) is 0 Å². The van der Waals surface area contributed by atoms with Gasteiger partial charge in [0.1, 0.15) is 5.82 Å². The molecular weight excluding hydrogens is 320 g/mol. The maximum atomic E-state index is 4.70. The minimum atomic E-state index is 0.325. The molecule has 0 saturated heterocycles. The summed E-state index contributed by atoms with van der Waals surface area (Å²) >= 11 is 0. The minimum absolute atomic E-state index is 0.325.